The predicted octanol–water partition coefficient (Wildman–Crippen LogP) is 2.97. The zero-order valence-corrected chi connectivity index (χ0v) is 11.2. The van der Waals surface area contributed by atoms with Crippen LogP contribution in [0.3, 0.4) is 0 Å². The molecule has 0 spiro atoms. The summed E-state index contributed by atoms with van der Waals surface area (Å²) in [7, 11) is 0. The molecule has 3 heteroatoms. The summed E-state index contributed by atoms with van der Waals surface area (Å²) in [6, 6.07) is 7.76. The molecule has 0 aromatic heterocycles. The van der Waals surface area contributed by atoms with Crippen LogP contribution >= 0.6 is 0 Å². The van der Waals surface area contributed by atoms with E-state index in [1.807, 2.05) is 24.3 Å². The second-order valence-corrected chi connectivity index (χ2v) is 4.45. The van der Waals surface area contributed by atoms with Crippen molar-refractivity contribution < 1.29 is 9.90 Å². The van der Waals surface area contributed by atoms with E-state index in [2.05, 4.69) is 19.2 Å². The monoisotopic (exact) mass is 248 g/mol. The van der Waals surface area contributed by atoms with Gasteiger partial charge in [0, 0.05) is 11.6 Å². The Hall–Kier alpha value is -1.35. The van der Waals surface area contributed by atoms with Crippen LogP contribution in [-0.4, -0.2) is 18.6 Å². The molecule has 0 heterocycles. The van der Waals surface area contributed by atoms with Crippen molar-refractivity contribution in [3.05, 3.63) is 35.4 Å². The maximum atomic E-state index is 12.2. The Kier molecular flexibility index (Phi) is 6.44. The van der Waals surface area contributed by atoms with Crippen LogP contribution in [0.5, 0.6) is 0 Å². The van der Waals surface area contributed by atoms with Gasteiger partial charge in [-0.15, -0.1) is 0 Å². The quantitative estimate of drug-likeness (QED) is 0.792. The first-order valence-electron chi connectivity index (χ1n) is 6.69. The van der Waals surface area contributed by atoms with E-state index in [-0.39, 0.29) is 18.6 Å². The van der Waals surface area contributed by atoms with Crippen molar-refractivity contribution in [1.29, 1.82) is 0 Å². The summed E-state index contributed by atoms with van der Waals surface area (Å²) in [4.78, 5) is 12.2. The molecule has 0 fully saturated rings. The van der Waals surface area contributed by atoms with Crippen molar-refractivity contribution in [2.75, 3.05) is 6.61 Å². The van der Waals surface area contributed by atoms with Gasteiger partial charge in [-0.3, -0.25) is 4.79 Å². The van der Waals surface area contributed by atoms with Gasteiger partial charge in [-0.1, -0.05) is 32.0 Å². The van der Waals surface area contributed by atoms with Gasteiger partial charge in [0.15, 0.2) is 0 Å². The zero-order valence-electron chi connectivity index (χ0n) is 11.2. The Bertz CT molecular complexity index is 373. The highest BCUT2D eigenvalue weighted by Crippen LogP contribution is 2.12. The summed E-state index contributed by atoms with van der Waals surface area (Å²) >= 11 is 0. The number of hydrogen-bond donors (Lipinski definition) is 1. The van der Waals surface area contributed by atoms with Crippen LogP contribution in [0.4, 0.5) is 0 Å². The summed E-state index contributed by atoms with van der Waals surface area (Å²) < 4.78 is 0. The van der Waals surface area contributed by atoms with Crippen LogP contribution in [0, 0.1) is 0 Å². The third-order valence-electron chi connectivity index (χ3n) is 3.17. The molecule has 1 N–H and O–H groups in total. The van der Waals surface area contributed by atoms with Gasteiger partial charge >= 0.3 is 0 Å². The van der Waals surface area contributed by atoms with Crippen LogP contribution in [0.2, 0.25) is 0 Å². The lowest BCUT2D eigenvalue weighted by molar-refractivity contribution is 0.0933. The van der Waals surface area contributed by atoms with Crippen LogP contribution in [0.15, 0.2) is 24.3 Å². The van der Waals surface area contributed by atoms with E-state index >= 15 is 0 Å². The van der Waals surface area contributed by atoms with E-state index in [4.69, 9.17) is 0 Å². The molecule has 0 bridgehead atoms. The molecule has 0 unspecified atom stereocenters. The first-order valence-corrected chi connectivity index (χ1v) is 6.69. The predicted molar refractivity (Wildman–Crippen MR) is 72.2 cm³/mol. The minimum atomic E-state index is -0.0947. The summed E-state index contributed by atoms with van der Waals surface area (Å²) in [6.45, 7) is 4.04. The maximum absolute atomic E-state index is 12.2. The topological polar surface area (TPSA) is 49.0 Å². The Balaban J connectivity index is 2.77. The summed E-state index contributed by atoms with van der Waals surface area (Å²) in [5, 5.41) is 13.6. The van der Waals surface area contributed by atoms with Gasteiger partial charge in [0.2, 0.25) is 0 Å². The molecule has 0 aliphatic heterocycles. The van der Waals surface area contributed by atoms with Crippen LogP contribution in [-0.2, 0) is 11.5 Å². The van der Waals surface area contributed by atoms with E-state index in [9.17, 15) is 9.90 Å². The number of aryl methyl sites for hydroxylation is 1. The second kappa shape index (κ2) is 7.88. The SMILES string of the molecule is CCC(CC)NC(=O)c1ccccc1CCC[O]. The van der Waals surface area contributed by atoms with Crippen molar-refractivity contribution >= 4 is 5.91 Å². The molecule has 1 aromatic rings. The standard InChI is InChI=1S/C15H22NO2/c1-3-13(4-2)16-15(18)14-10-6-5-8-12(14)9-7-11-17/h5-6,8,10,13H,3-4,7,9,11H2,1-2H3,(H,16,18). The van der Waals surface area contributed by atoms with Crippen molar-refractivity contribution in [1.82, 2.24) is 5.32 Å². The second-order valence-electron chi connectivity index (χ2n) is 4.45. The van der Waals surface area contributed by atoms with Gasteiger partial charge in [0.1, 0.15) is 0 Å². The fourth-order valence-electron chi connectivity index (χ4n) is 1.98. The molecule has 0 atom stereocenters. The molecular formula is C15H22NO2. The minimum absolute atomic E-state index is 0.0230. The molecule has 3 nitrogen and oxygen atoms in total. The number of carbonyl (C=O) groups is 1. The summed E-state index contributed by atoms with van der Waals surface area (Å²) in [6.07, 6.45) is 3.13. The first-order chi connectivity index (χ1) is 8.72. The lowest BCUT2D eigenvalue weighted by atomic mass is 10.0. The average Bonchev–Trinajstić information content (AvgIpc) is 2.42. The highest BCUT2D eigenvalue weighted by atomic mass is 16.2. The molecule has 18 heavy (non-hydrogen) atoms. The van der Waals surface area contributed by atoms with E-state index in [1.165, 1.54) is 0 Å². The number of amides is 1. The summed E-state index contributed by atoms with van der Waals surface area (Å²) in [5.74, 6) is -0.0230. The van der Waals surface area contributed by atoms with Crippen LogP contribution in [0.25, 0.3) is 0 Å². The highest BCUT2D eigenvalue weighted by Gasteiger charge is 2.13. The van der Waals surface area contributed by atoms with Gasteiger partial charge < -0.3 is 5.32 Å². The maximum Gasteiger partial charge on any atom is 0.251 e. The van der Waals surface area contributed by atoms with Gasteiger partial charge in [0.25, 0.3) is 5.91 Å². The van der Waals surface area contributed by atoms with E-state index in [0.717, 1.165) is 18.4 Å². The van der Waals surface area contributed by atoms with Gasteiger partial charge in [-0.2, -0.15) is 0 Å². The number of benzene rings is 1. The van der Waals surface area contributed by atoms with Crippen LogP contribution < -0.4 is 5.32 Å². The van der Waals surface area contributed by atoms with Crippen LogP contribution in [0.1, 0.15) is 49.0 Å². The minimum Gasteiger partial charge on any atom is -0.349 e. The molecule has 0 saturated heterocycles. The fourth-order valence-corrected chi connectivity index (χ4v) is 1.98. The Morgan fingerprint density at radius 2 is 1.89 bits per heavy atom. The Morgan fingerprint density at radius 1 is 1.22 bits per heavy atom. The molecule has 1 radical (unpaired) electrons. The number of rotatable bonds is 7. The average molecular weight is 248 g/mol. The van der Waals surface area contributed by atoms with E-state index < -0.39 is 0 Å². The molecular weight excluding hydrogens is 226 g/mol. The van der Waals surface area contributed by atoms with Crippen molar-refractivity contribution in [2.24, 2.45) is 0 Å². The molecule has 0 aliphatic carbocycles. The van der Waals surface area contributed by atoms with E-state index in [0.29, 0.717) is 18.4 Å². The normalized spacial score (nSPS) is 10.7. The molecule has 1 aromatic carbocycles. The largest absolute Gasteiger partial charge is 0.349 e. The Morgan fingerprint density at radius 3 is 2.50 bits per heavy atom. The van der Waals surface area contributed by atoms with Gasteiger partial charge in [-0.05, 0) is 37.3 Å². The zero-order chi connectivity index (χ0) is 13.4. The van der Waals surface area contributed by atoms with Gasteiger partial charge in [0.05, 0.1) is 6.61 Å². The third kappa shape index (κ3) is 4.15. The lowest BCUT2D eigenvalue weighted by Gasteiger charge is -2.16. The smallest absolute Gasteiger partial charge is 0.251 e. The highest BCUT2D eigenvalue weighted by molar-refractivity contribution is 5.95. The Labute approximate surface area is 109 Å². The number of carbonyl (C=O) groups excluding carboxylic acids is 1. The lowest BCUT2D eigenvalue weighted by Crippen LogP contribution is -2.34. The molecule has 1 amide bonds. The number of hydrogen-bond acceptors (Lipinski definition) is 1. The van der Waals surface area contributed by atoms with Gasteiger partial charge in [-0.25, -0.2) is 5.11 Å². The van der Waals surface area contributed by atoms with Crippen molar-refractivity contribution in [3.63, 3.8) is 0 Å². The van der Waals surface area contributed by atoms with E-state index in [1.54, 1.807) is 0 Å². The molecule has 0 aliphatic rings. The van der Waals surface area contributed by atoms with Crippen molar-refractivity contribution in [2.45, 2.75) is 45.6 Å². The third-order valence-corrected chi connectivity index (χ3v) is 3.17. The molecule has 0 saturated carbocycles. The number of nitrogens with one attached hydrogen (secondary N) is 1. The molecule has 1 rings (SSSR count). The molecule has 99 valence electrons. The first kappa shape index (κ1) is 14.7. The van der Waals surface area contributed by atoms with Crippen molar-refractivity contribution in [3.8, 4) is 0 Å². The fraction of sp³-hybridized carbons (Fsp3) is 0.533. The summed E-state index contributed by atoms with van der Waals surface area (Å²) in [5.41, 5.74) is 1.68.